The van der Waals surface area contributed by atoms with E-state index in [4.69, 9.17) is 16.3 Å². The summed E-state index contributed by atoms with van der Waals surface area (Å²) in [4.78, 5) is 11.9. The summed E-state index contributed by atoms with van der Waals surface area (Å²) >= 11 is 5.84. The number of sulfonamides is 1. The summed E-state index contributed by atoms with van der Waals surface area (Å²) in [6.07, 6.45) is 3.13. The first-order chi connectivity index (χ1) is 13.4. The van der Waals surface area contributed by atoms with Crippen LogP contribution in [0.5, 0.6) is 0 Å². The van der Waals surface area contributed by atoms with Crippen LogP contribution in [-0.4, -0.2) is 27.0 Å². The van der Waals surface area contributed by atoms with Gasteiger partial charge >= 0.3 is 5.97 Å². The van der Waals surface area contributed by atoms with E-state index in [-0.39, 0.29) is 16.9 Å². The molecule has 0 spiro atoms. The van der Waals surface area contributed by atoms with E-state index in [2.05, 4.69) is 4.72 Å². The van der Waals surface area contributed by atoms with Crippen LogP contribution in [0.2, 0.25) is 5.02 Å². The number of aryl methyl sites for hydroxylation is 1. The summed E-state index contributed by atoms with van der Waals surface area (Å²) in [5, 5.41) is 0.501. The number of rotatable bonds is 7. The van der Waals surface area contributed by atoms with E-state index in [1.165, 1.54) is 17.7 Å². The van der Waals surface area contributed by atoms with Crippen LogP contribution < -0.4 is 4.72 Å². The van der Waals surface area contributed by atoms with Crippen LogP contribution in [0.3, 0.4) is 0 Å². The minimum atomic E-state index is -3.59. The van der Waals surface area contributed by atoms with Gasteiger partial charge in [0.15, 0.2) is 0 Å². The number of fused-ring (bicyclic) bond motifs is 1. The SMILES string of the molecule is CCOC(=O)CCc1cccc2c1CC[C@@H](NS(=O)(=O)c1ccc(Cl)cc1)C2. The summed E-state index contributed by atoms with van der Waals surface area (Å²) in [5.41, 5.74) is 3.51. The molecule has 1 N–H and O–H groups in total. The minimum absolute atomic E-state index is 0.159. The molecular formula is C21H24ClNO4S. The van der Waals surface area contributed by atoms with Crippen LogP contribution in [0.4, 0.5) is 0 Å². The number of nitrogens with one attached hydrogen (secondary N) is 1. The molecule has 1 aliphatic rings. The van der Waals surface area contributed by atoms with Gasteiger partial charge in [-0.3, -0.25) is 4.79 Å². The molecule has 0 bridgehead atoms. The lowest BCUT2D eigenvalue weighted by molar-refractivity contribution is -0.143. The summed E-state index contributed by atoms with van der Waals surface area (Å²) < 4.78 is 33.1. The van der Waals surface area contributed by atoms with Crippen molar-refractivity contribution in [2.24, 2.45) is 0 Å². The fraction of sp³-hybridized carbons (Fsp3) is 0.381. The van der Waals surface area contributed by atoms with Crippen LogP contribution in [0.1, 0.15) is 36.5 Å². The second-order valence-electron chi connectivity index (χ2n) is 6.87. The van der Waals surface area contributed by atoms with E-state index in [1.807, 2.05) is 18.2 Å². The Kier molecular flexibility index (Phi) is 6.75. The number of hydrogen-bond donors (Lipinski definition) is 1. The molecule has 0 saturated heterocycles. The van der Waals surface area contributed by atoms with E-state index in [0.29, 0.717) is 30.9 Å². The molecule has 0 amide bonds. The highest BCUT2D eigenvalue weighted by Crippen LogP contribution is 2.27. The predicted octanol–water partition coefficient (Wildman–Crippen LogP) is 3.67. The third kappa shape index (κ3) is 5.13. The lowest BCUT2D eigenvalue weighted by atomic mass is 9.85. The van der Waals surface area contributed by atoms with Crippen LogP contribution >= 0.6 is 11.6 Å². The first-order valence-electron chi connectivity index (χ1n) is 9.42. The Hall–Kier alpha value is -1.89. The van der Waals surface area contributed by atoms with E-state index < -0.39 is 10.0 Å². The minimum Gasteiger partial charge on any atom is -0.466 e. The standard InChI is InChI=1S/C21H24ClNO4S/c1-2-27-21(24)13-6-15-4-3-5-16-14-18(9-12-20(15)16)23-28(25,26)19-10-7-17(22)8-11-19/h3-5,7-8,10-11,18,23H,2,6,9,12-14H2,1H3/t18-/m1/s1. The predicted molar refractivity (Wildman–Crippen MR) is 109 cm³/mol. The second-order valence-corrected chi connectivity index (χ2v) is 9.03. The summed E-state index contributed by atoms with van der Waals surface area (Å²) in [7, 11) is -3.59. The van der Waals surface area contributed by atoms with Gasteiger partial charge in [0.2, 0.25) is 10.0 Å². The van der Waals surface area contributed by atoms with Gasteiger partial charge in [-0.15, -0.1) is 0 Å². The Balaban J connectivity index is 1.68. The zero-order valence-corrected chi connectivity index (χ0v) is 17.4. The summed E-state index contributed by atoms with van der Waals surface area (Å²) in [6.45, 7) is 2.19. The van der Waals surface area contributed by atoms with Crippen molar-refractivity contribution in [1.29, 1.82) is 0 Å². The van der Waals surface area contributed by atoms with E-state index in [9.17, 15) is 13.2 Å². The highest BCUT2D eigenvalue weighted by atomic mass is 35.5. The normalized spacial score (nSPS) is 16.4. The highest BCUT2D eigenvalue weighted by molar-refractivity contribution is 7.89. The van der Waals surface area contributed by atoms with Crippen molar-refractivity contribution in [3.05, 3.63) is 64.2 Å². The third-order valence-corrected chi connectivity index (χ3v) is 6.72. The maximum Gasteiger partial charge on any atom is 0.306 e. The molecule has 2 aromatic rings. The van der Waals surface area contributed by atoms with Gasteiger partial charge in [0.1, 0.15) is 0 Å². The van der Waals surface area contributed by atoms with Crippen molar-refractivity contribution in [1.82, 2.24) is 4.72 Å². The molecule has 2 aromatic carbocycles. The first kappa shape index (κ1) is 20.8. The molecular weight excluding hydrogens is 398 g/mol. The molecule has 0 aliphatic heterocycles. The zero-order chi connectivity index (χ0) is 20.1. The van der Waals surface area contributed by atoms with Crippen LogP contribution in [0.15, 0.2) is 47.4 Å². The lowest BCUT2D eigenvalue weighted by Gasteiger charge is -2.27. The van der Waals surface area contributed by atoms with Crippen molar-refractivity contribution >= 4 is 27.6 Å². The number of hydrogen-bond acceptors (Lipinski definition) is 4. The molecule has 1 aliphatic carbocycles. The van der Waals surface area contributed by atoms with Gasteiger partial charge in [0, 0.05) is 17.5 Å². The van der Waals surface area contributed by atoms with Crippen molar-refractivity contribution < 1.29 is 17.9 Å². The first-order valence-corrected chi connectivity index (χ1v) is 11.3. The maximum atomic E-state index is 12.6. The molecule has 0 unspecified atom stereocenters. The van der Waals surface area contributed by atoms with E-state index in [1.54, 1.807) is 19.1 Å². The molecule has 150 valence electrons. The van der Waals surface area contributed by atoms with E-state index >= 15 is 0 Å². The number of carbonyl (C=O) groups is 1. The Morgan fingerprint density at radius 1 is 1.21 bits per heavy atom. The average molecular weight is 422 g/mol. The number of halogens is 1. The summed E-state index contributed by atoms with van der Waals surface area (Å²) in [5.74, 6) is -0.190. The van der Waals surface area contributed by atoms with Gasteiger partial charge in [-0.05, 0) is 73.6 Å². The molecule has 0 fully saturated rings. The Labute approximate surface area is 171 Å². The van der Waals surface area contributed by atoms with Gasteiger partial charge in [-0.25, -0.2) is 13.1 Å². The van der Waals surface area contributed by atoms with Crippen molar-refractivity contribution in [3.8, 4) is 0 Å². The van der Waals surface area contributed by atoms with Crippen molar-refractivity contribution in [2.45, 2.75) is 50.0 Å². The van der Waals surface area contributed by atoms with Gasteiger partial charge in [0.25, 0.3) is 0 Å². The third-order valence-electron chi connectivity index (χ3n) is 4.93. The van der Waals surface area contributed by atoms with Gasteiger partial charge < -0.3 is 4.74 Å². The molecule has 5 nitrogen and oxygen atoms in total. The van der Waals surface area contributed by atoms with Gasteiger partial charge in [-0.2, -0.15) is 0 Å². The number of esters is 1. The molecule has 0 aromatic heterocycles. The number of benzene rings is 2. The Morgan fingerprint density at radius 3 is 2.68 bits per heavy atom. The zero-order valence-electron chi connectivity index (χ0n) is 15.8. The molecule has 0 heterocycles. The summed E-state index contributed by atoms with van der Waals surface area (Å²) in [6, 6.07) is 12.0. The number of ether oxygens (including phenoxy) is 1. The highest BCUT2D eigenvalue weighted by Gasteiger charge is 2.25. The fourth-order valence-corrected chi connectivity index (χ4v) is 4.99. The fourth-order valence-electron chi connectivity index (χ4n) is 3.59. The molecule has 0 saturated carbocycles. The second kappa shape index (κ2) is 9.07. The van der Waals surface area contributed by atoms with Crippen molar-refractivity contribution in [3.63, 3.8) is 0 Å². The lowest BCUT2D eigenvalue weighted by Crippen LogP contribution is -2.39. The van der Waals surface area contributed by atoms with Crippen LogP contribution in [0, 0.1) is 0 Å². The molecule has 3 rings (SSSR count). The average Bonchev–Trinajstić information content (AvgIpc) is 2.66. The smallest absolute Gasteiger partial charge is 0.306 e. The van der Waals surface area contributed by atoms with E-state index in [0.717, 1.165) is 24.0 Å². The number of carbonyl (C=O) groups excluding carboxylic acids is 1. The monoisotopic (exact) mass is 421 g/mol. The van der Waals surface area contributed by atoms with Gasteiger partial charge in [-0.1, -0.05) is 29.8 Å². The molecule has 1 atom stereocenters. The van der Waals surface area contributed by atoms with Gasteiger partial charge in [0.05, 0.1) is 11.5 Å². The van der Waals surface area contributed by atoms with Crippen molar-refractivity contribution in [2.75, 3.05) is 6.61 Å². The maximum absolute atomic E-state index is 12.6. The molecule has 0 radical (unpaired) electrons. The Morgan fingerprint density at radius 2 is 1.96 bits per heavy atom. The molecule has 28 heavy (non-hydrogen) atoms. The quantitative estimate of drug-likeness (QED) is 0.692. The van der Waals surface area contributed by atoms with Crippen LogP contribution in [0.25, 0.3) is 0 Å². The topological polar surface area (TPSA) is 72.5 Å². The van der Waals surface area contributed by atoms with Crippen LogP contribution in [-0.2, 0) is 38.8 Å². The largest absolute Gasteiger partial charge is 0.466 e. The Bertz CT molecular complexity index is 941. The molecule has 7 heteroatoms.